The standard InChI is InChI=1S/C21H28F2N2O2/c1-6-14(7-2)12-25-13-20(3,4)18(19(25)26)27-16-9-8-15(11-24)17(10-16)21(5,22)23/h8-10,14,18H,6-7,12-13H2,1-5H3. The number of ether oxygens (including phenoxy) is 1. The van der Waals surface area contributed by atoms with Crippen molar-refractivity contribution in [3.63, 3.8) is 0 Å². The Morgan fingerprint density at radius 2 is 2.00 bits per heavy atom. The molecule has 0 spiro atoms. The number of nitriles is 1. The van der Waals surface area contributed by atoms with Crippen LogP contribution in [0, 0.1) is 22.7 Å². The number of benzene rings is 1. The van der Waals surface area contributed by atoms with Gasteiger partial charge in [-0.3, -0.25) is 4.79 Å². The monoisotopic (exact) mass is 378 g/mol. The molecule has 1 atom stereocenters. The molecule has 4 nitrogen and oxygen atoms in total. The molecule has 0 aromatic heterocycles. The molecule has 1 aromatic carbocycles. The van der Waals surface area contributed by atoms with E-state index < -0.39 is 17.4 Å². The van der Waals surface area contributed by atoms with Crippen molar-refractivity contribution in [1.82, 2.24) is 4.90 Å². The Balaban J connectivity index is 2.26. The molecule has 148 valence electrons. The zero-order valence-corrected chi connectivity index (χ0v) is 16.7. The summed E-state index contributed by atoms with van der Waals surface area (Å²) in [6.07, 6.45) is 1.26. The van der Waals surface area contributed by atoms with Crippen LogP contribution in [-0.4, -0.2) is 30.0 Å². The molecule has 0 saturated carbocycles. The first kappa shape index (κ1) is 21.1. The van der Waals surface area contributed by atoms with E-state index in [0.29, 0.717) is 19.0 Å². The van der Waals surface area contributed by atoms with Gasteiger partial charge in [-0.1, -0.05) is 40.5 Å². The number of amides is 1. The summed E-state index contributed by atoms with van der Waals surface area (Å²) in [4.78, 5) is 14.7. The Bertz CT molecular complexity index is 731. The van der Waals surface area contributed by atoms with E-state index in [2.05, 4.69) is 13.8 Å². The van der Waals surface area contributed by atoms with Gasteiger partial charge < -0.3 is 9.64 Å². The Morgan fingerprint density at radius 1 is 1.37 bits per heavy atom. The van der Waals surface area contributed by atoms with Gasteiger partial charge in [-0.2, -0.15) is 5.26 Å². The number of carbonyl (C=O) groups is 1. The Morgan fingerprint density at radius 3 is 2.52 bits per heavy atom. The molecule has 27 heavy (non-hydrogen) atoms. The van der Waals surface area contributed by atoms with Crippen LogP contribution in [0.3, 0.4) is 0 Å². The molecular weight excluding hydrogens is 350 g/mol. The van der Waals surface area contributed by atoms with Gasteiger partial charge in [0.15, 0.2) is 6.10 Å². The van der Waals surface area contributed by atoms with Crippen molar-refractivity contribution < 1.29 is 18.3 Å². The summed E-state index contributed by atoms with van der Waals surface area (Å²) in [5.74, 6) is -2.66. The lowest BCUT2D eigenvalue weighted by Gasteiger charge is -2.25. The third kappa shape index (κ3) is 4.58. The van der Waals surface area contributed by atoms with E-state index in [4.69, 9.17) is 10.00 Å². The average Bonchev–Trinajstić information content (AvgIpc) is 2.81. The second kappa shape index (κ2) is 7.84. The summed E-state index contributed by atoms with van der Waals surface area (Å²) in [7, 11) is 0. The van der Waals surface area contributed by atoms with Gasteiger partial charge in [-0.25, -0.2) is 8.78 Å². The van der Waals surface area contributed by atoms with Crippen molar-refractivity contribution in [2.24, 2.45) is 11.3 Å². The fraction of sp³-hybridized carbons (Fsp3) is 0.619. The number of hydrogen-bond donors (Lipinski definition) is 0. The minimum atomic E-state index is -3.17. The first-order valence-electron chi connectivity index (χ1n) is 9.41. The van der Waals surface area contributed by atoms with Crippen molar-refractivity contribution in [2.75, 3.05) is 13.1 Å². The van der Waals surface area contributed by atoms with Gasteiger partial charge in [0.1, 0.15) is 5.75 Å². The molecule has 1 fully saturated rings. The van der Waals surface area contributed by atoms with Gasteiger partial charge in [0.25, 0.3) is 11.8 Å². The van der Waals surface area contributed by atoms with Crippen LogP contribution in [0.15, 0.2) is 18.2 Å². The third-order valence-electron chi connectivity index (χ3n) is 5.32. The lowest BCUT2D eigenvalue weighted by atomic mass is 9.89. The molecule has 0 bridgehead atoms. The van der Waals surface area contributed by atoms with E-state index in [0.717, 1.165) is 19.8 Å². The maximum atomic E-state index is 13.8. The van der Waals surface area contributed by atoms with Crippen LogP contribution in [0.25, 0.3) is 0 Å². The third-order valence-corrected chi connectivity index (χ3v) is 5.32. The van der Waals surface area contributed by atoms with Crippen LogP contribution < -0.4 is 4.74 Å². The Kier molecular flexibility index (Phi) is 6.14. The van der Waals surface area contributed by atoms with Crippen LogP contribution in [0.2, 0.25) is 0 Å². The van der Waals surface area contributed by atoms with E-state index in [1.54, 1.807) is 6.07 Å². The van der Waals surface area contributed by atoms with Gasteiger partial charge in [0.05, 0.1) is 11.6 Å². The first-order chi connectivity index (χ1) is 12.5. The van der Waals surface area contributed by atoms with Crippen LogP contribution in [0.5, 0.6) is 5.75 Å². The van der Waals surface area contributed by atoms with E-state index in [-0.39, 0.29) is 22.8 Å². The maximum absolute atomic E-state index is 13.8. The quantitative estimate of drug-likeness (QED) is 0.690. The number of carbonyl (C=O) groups excluding carboxylic acids is 1. The molecule has 1 saturated heterocycles. The zero-order valence-electron chi connectivity index (χ0n) is 16.7. The largest absolute Gasteiger partial charge is 0.480 e. The van der Waals surface area contributed by atoms with Gasteiger partial charge >= 0.3 is 0 Å². The topological polar surface area (TPSA) is 53.3 Å². The molecule has 1 aliphatic heterocycles. The molecule has 1 heterocycles. The normalized spacial score (nSPS) is 19.4. The summed E-state index contributed by atoms with van der Waals surface area (Å²) < 4.78 is 33.5. The lowest BCUT2D eigenvalue weighted by Crippen LogP contribution is -2.37. The number of nitrogens with zero attached hydrogens (tertiary/aromatic N) is 2. The number of hydrogen-bond acceptors (Lipinski definition) is 3. The number of likely N-dealkylation sites (tertiary alicyclic amines) is 1. The number of alkyl halides is 2. The average molecular weight is 378 g/mol. The van der Waals surface area contributed by atoms with Crippen LogP contribution in [0.1, 0.15) is 58.6 Å². The van der Waals surface area contributed by atoms with E-state index >= 15 is 0 Å². The van der Waals surface area contributed by atoms with Crippen molar-refractivity contribution in [1.29, 1.82) is 5.26 Å². The molecule has 0 aliphatic carbocycles. The van der Waals surface area contributed by atoms with Crippen LogP contribution in [-0.2, 0) is 10.7 Å². The van der Waals surface area contributed by atoms with E-state index in [1.807, 2.05) is 18.7 Å². The molecular formula is C21H28F2N2O2. The number of halogens is 2. The highest BCUT2D eigenvalue weighted by Gasteiger charge is 2.48. The highest BCUT2D eigenvalue weighted by atomic mass is 19.3. The van der Waals surface area contributed by atoms with Crippen molar-refractivity contribution >= 4 is 5.91 Å². The van der Waals surface area contributed by atoms with E-state index in [9.17, 15) is 13.6 Å². The fourth-order valence-electron chi connectivity index (χ4n) is 3.57. The van der Waals surface area contributed by atoms with Gasteiger partial charge in [0, 0.05) is 31.0 Å². The van der Waals surface area contributed by atoms with Crippen LogP contribution >= 0.6 is 0 Å². The summed E-state index contributed by atoms with van der Waals surface area (Å²) in [6.45, 7) is 10.1. The Labute approximate surface area is 160 Å². The molecule has 2 rings (SSSR count). The second-order valence-electron chi connectivity index (χ2n) is 8.10. The Hall–Kier alpha value is -2.16. The second-order valence-corrected chi connectivity index (χ2v) is 8.10. The summed E-state index contributed by atoms with van der Waals surface area (Å²) in [6, 6.07) is 5.74. The molecule has 0 N–H and O–H groups in total. The van der Waals surface area contributed by atoms with Gasteiger partial charge in [0.2, 0.25) is 0 Å². The summed E-state index contributed by atoms with van der Waals surface area (Å²) in [5, 5.41) is 9.06. The molecule has 1 aromatic rings. The van der Waals surface area contributed by atoms with Crippen LogP contribution in [0.4, 0.5) is 8.78 Å². The van der Waals surface area contributed by atoms with Gasteiger partial charge in [-0.15, -0.1) is 0 Å². The lowest BCUT2D eigenvalue weighted by molar-refractivity contribution is -0.135. The predicted molar refractivity (Wildman–Crippen MR) is 99.6 cm³/mol. The number of rotatable bonds is 7. The molecule has 6 heteroatoms. The smallest absolute Gasteiger partial charge is 0.271 e. The predicted octanol–water partition coefficient (Wildman–Crippen LogP) is 4.72. The molecule has 1 amide bonds. The van der Waals surface area contributed by atoms with Crippen molar-refractivity contribution in [3.05, 3.63) is 29.3 Å². The van der Waals surface area contributed by atoms with E-state index in [1.165, 1.54) is 18.2 Å². The summed E-state index contributed by atoms with van der Waals surface area (Å²) >= 11 is 0. The molecule has 1 aliphatic rings. The highest BCUT2D eigenvalue weighted by Crippen LogP contribution is 2.37. The minimum Gasteiger partial charge on any atom is -0.480 e. The van der Waals surface area contributed by atoms with Gasteiger partial charge in [-0.05, 0) is 24.1 Å². The summed E-state index contributed by atoms with van der Waals surface area (Å²) in [5.41, 5.74) is -0.923. The maximum Gasteiger partial charge on any atom is 0.271 e. The first-order valence-corrected chi connectivity index (χ1v) is 9.41. The van der Waals surface area contributed by atoms with Crippen molar-refractivity contribution in [3.8, 4) is 11.8 Å². The molecule has 0 radical (unpaired) electrons. The zero-order chi connectivity index (χ0) is 20.4. The highest BCUT2D eigenvalue weighted by molar-refractivity contribution is 5.84. The SMILES string of the molecule is CCC(CC)CN1CC(C)(C)C(Oc2ccc(C#N)c(C(C)(F)F)c2)C1=O. The molecule has 1 unspecified atom stereocenters. The van der Waals surface area contributed by atoms with Crippen molar-refractivity contribution in [2.45, 2.75) is 59.5 Å². The minimum absolute atomic E-state index is 0.0952. The fourth-order valence-corrected chi connectivity index (χ4v) is 3.57.